The van der Waals surface area contributed by atoms with Crippen molar-refractivity contribution in [2.24, 2.45) is 5.73 Å². The zero-order valence-corrected chi connectivity index (χ0v) is 16.4. The second kappa shape index (κ2) is 10.4. The average molecular weight is 386 g/mol. The van der Waals surface area contributed by atoms with Crippen LogP contribution in [-0.2, 0) is 19.3 Å². The maximum Gasteiger partial charge on any atom is 0.179 e. The molecule has 0 saturated carbocycles. The Morgan fingerprint density at radius 2 is 1.64 bits per heavy atom. The van der Waals surface area contributed by atoms with E-state index < -0.39 is 0 Å². The number of ether oxygens (including phenoxy) is 3. The van der Waals surface area contributed by atoms with Crippen molar-refractivity contribution in [1.82, 2.24) is 0 Å². The smallest absolute Gasteiger partial charge is 0.179 e. The van der Waals surface area contributed by atoms with E-state index in [-0.39, 0.29) is 12.4 Å². The fraction of sp³-hybridized carbons (Fsp3) is 0.368. The summed E-state index contributed by atoms with van der Waals surface area (Å²) in [6.45, 7) is 0.554. The summed E-state index contributed by atoms with van der Waals surface area (Å²) in [5, 5.41) is 0.544. The summed E-state index contributed by atoms with van der Waals surface area (Å²) in [4.78, 5) is 0. The van der Waals surface area contributed by atoms with E-state index in [2.05, 4.69) is 6.07 Å². The molecule has 0 atom stereocenters. The molecule has 0 heterocycles. The molecule has 0 unspecified atom stereocenters. The van der Waals surface area contributed by atoms with E-state index in [1.165, 1.54) is 5.56 Å². The molecule has 4 nitrogen and oxygen atoms in total. The molecule has 2 aromatic carbocycles. The second-order valence-electron chi connectivity index (χ2n) is 5.45. The minimum atomic E-state index is 0. The molecular formula is C19H25Cl2NO3. The van der Waals surface area contributed by atoms with E-state index in [1.54, 1.807) is 21.3 Å². The van der Waals surface area contributed by atoms with Gasteiger partial charge in [-0.25, -0.2) is 0 Å². The van der Waals surface area contributed by atoms with Crippen LogP contribution in [0.3, 0.4) is 0 Å². The molecule has 0 amide bonds. The van der Waals surface area contributed by atoms with Crippen molar-refractivity contribution in [2.45, 2.75) is 19.3 Å². The van der Waals surface area contributed by atoms with E-state index in [0.717, 1.165) is 36.1 Å². The van der Waals surface area contributed by atoms with Gasteiger partial charge >= 0.3 is 0 Å². The van der Waals surface area contributed by atoms with E-state index in [4.69, 9.17) is 31.5 Å². The van der Waals surface area contributed by atoms with Crippen LogP contribution in [0.4, 0.5) is 0 Å². The second-order valence-corrected chi connectivity index (χ2v) is 5.86. The number of rotatable bonds is 8. The highest BCUT2D eigenvalue weighted by Crippen LogP contribution is 2.40. The van der Waals surface area contributed by atoms with Gasteiger partial charge in [0.25, 0.3) is 0 Å². The van der Waals surface area contributed by atoms with Gasteiger partial charge in [0.05, 0.1) is 26.4 Å². The molecule has 25 heavy (non-hydrogen) atoms. The van der Waals surface area contributed by atoms with Crippen molar-refractivity contribution in [3.63, 3.8) is 0 Å². The number of hydrogen-bond donors (Lipinski definition) is 1. The Labute approximate surface area is 160 Å². The molecule has 0 bridgehead atoms. The molecule has 2 rings (SSSR count). The van der Waals surface area contributed by atoms with E-state index in [9.17, 15) is 0 Å². The molecule has 0 aliphatic rings. The van der Waals surface area contributed by atoms with E-state index in [1.807, 2.05) is 24.3 Å². The normalized spacial score (nSPS) is 10.1. The quantitative estimate of drug-likeness (QED) is 0.743. The zero-order valence-electron chi connectivity index (χ0n) is 14.8. The third-order valence-corrected chi connectivity index (χ3v) is 4.29. The summed E-state index contributed by atoms with van der Waals surface area (Å²) in [6, 6.07) is 9.99. The molecule has 6 heteroatoms. The Bertz CT molecular complexity index is 693. The van der Waals surface area contributed by atoms with Gasteiger partial charge in [-0.15, -0.1) is 12.4 Å². The summed E-state index contributed by atoms with van der Waals surface area (Å²) >= 11 is 6.32. The largest absolute Gasteiger partial charge is 0.497 e. The van der Waals surface area contributed by atoms with Crippen LogP contribution in [0.5, 0.6) is 17.2 Å². The van der Waals surface area contributed by atoms with Gasteiger partial charge in [-0.1, -0.05) is 23.7 Å². The van der Waals surface area contributed by atoms with Crippen LogP contribution < -0.4 is 19.9 Å². The fourth-order valence-electron chi connectivity index (χ4n) is 2.85. The lowest BCUT2D eigenvalue weighted by Gasteiger charge is -2.18. The van der Waals surface area contributed by atoms with Crippen LogP contribution >= 0.6 is 24.0 Å². The lowest BCUT2D eigenvalue weighted by atomic mass is 9.96. The molecule has 0 aromatic heterocycles. The number of methoxy groups -OCH3 is 3. The Morgan fingerprint density at radius 3 is 2.24 bits per heavy atom. The first-order chi connectivity index (χ1) is 11.6. The highest BCUT2D eigenvalue weighted by molar-refractivity contribution is 6.32. The van der Waals surface area contributed by atoms with Crippen molar-refractivity contribution in [2.75, 3.05) is 27.9 Å². The topological polar surface area (TPSA) is 53.7 Å². The van der Waals surface area contributed by atoms with Crippen LogP contribution in [0.2, 0.25) is 5.02 Å². The zero-order chi connectivity index (χ0) is 17.5. The van der Waals surface area contributed by atoms with Crippen molar-refractivity contribution in [3.05, 3.63) is 52.0 Å². The first kappa shape index (κ1) is 21.4. The number of nitrogens with two attached hydrogens (primary N) is 1. The first-order valence-corrected chi connectivity index (χ1v) is 8.27. The predicted octanol–water partition coefficient (Wildman–Crippen LogP) is 4.07. The summed E-state index contributed by atoms with van der Waals surface area (Å²) in [5.41, 5.74) is 9.14. The molecule has 2 aromatic rings. The monoisotopic (exact) mass is 385 g/mol. The van der Waals surface area contributed by atoms with Gasteiger partial charge in [0.1, 0.15) is 5.75 Å². The van der Waals surface area contributed by atoms with E-state index >= 15 is 0 Å². The van der Waals surface area contributed by atoms with Crippen molar-refractivity contribution in [3.8, 4) is 17.2 Å². The number of benzene rings is 2. The van der Waals surface area contributed by atoms with Gasteiger partial charge in [-0.05, 0) is 55.1 Å². The minimum absolute atomic E-state index is 0. The van der Waals surface area contributed by atoms with E-state index in [0.29, 0.717) is 23.1 Å². The first-order valence-electron chi connectivity index (χ1n) is 7.89. The highest BCUT2D eigenvalue weighted by Gasteiger charge is 2.18. The molecule has 0 fully saturated rings. The molecular weight excluding hydrogens is 361 g/mol. The third-order valence-electron chi connectivity index (χ3n) is 4.01. The average Bonchev–Trinajstić information content (AvgIpc) is 2.60. The van der Waals surface area contributed by atoms with Gasteiger partial charge < -0.3 is 19.9 Å². The SMILES string of the molecule is COc1cccc(CCc2c(CCN)cc(Cl)c(OC)c2OC)c1.Cl. The van der Waals surface area contributed by atoms with Crippen molar-refractivity contribution in [1.29, 1.82) is 0 Å². The van der Waals surface area contributed by atoms with Gasteiger partial charge in [0.2, 0.25) is 0 Å². The Balaban J connectivity index is 0.00000312. The summed E-state index contributed by atoms with van der Waals surface area (Å²) in [6.07, 6.45) is 2.41. The lowest BCUT2D eigenvalue weighted by Crippen LogP contribution is -2.09. The summed E-state index contributed by atoms with van der Waals surface area (Å²) < 4.78 is 16.3. The van der Waals surface area contributed by atoms with Crippen molar-refractivity contribution >= 4 is 24.0 Å². The summed E-state index contributed by atoms with van der Waals surface area (Å²) in [7, 11) is 4.90. The third kappa shape index (κ3) is 5.18. The maximum absolute atomic E-state index is 6.32. The highest BCUT2D eigenvalue weighted by atomic mass is 35.5. The molecule has 0 spiro atoms. The van der Waals surface area contributed by atoms with Gasteiger partial charge in [-0.2, -0.15) is 0 Å². The minimum Gasteiger partial charge on any atom is -0.497 e. The molecule has 0 aliphatic heterocycles. The Hall–Kier alpha value is -1.62. The molecule has 0 radical (unpaired) electrons. The lowest BCUT2D eigenvalue weighted by molar-refractivity contribution is 0.351. The van der Waals surface area contributed by atoms with Gasteiger partial charge in [-0.3, -0.25) is 0 Å². The van der Waals surface area contributed by atoms with Gasteiger partial charge in [0.15, 0.2) is 11.5 Å². The molecule has 0 saturated heterocycles. The van der Waals surface area contributed by atoms with Crippen LogP contribution in [0.25, 0.3) is 0 Å². The van der Waals surface area contributed by atoms with Crippen LogP contribution in [0, 0.1) is 0 Å². The molecule has 138 valence electrons. The van der Waals surface area contributed by atoms with Crippen LogP contribution in [-0.4, -0.2) is 27.9 Å². The maximum atomic E-state index is 6.32. The molecule has 2 N–H and O–H groups in total. The summed E-state index contributed by atoms with van der Waals surface area (Å²) in [5.74, 6) is 2.12. The fourth-order valence-corrected chi connectivity index (χ4v) is 3.15. The number of hydrogen-bond acceptors (Lipinski definition) is 4. The van der Waals surface area contributed by atoms with Gasteiger partial charge in [0, 0.05) is 5.56 Å². The number of aryl methyl sites for hydroxylation is 1. The Kier molecular flexibility index (Phi) is 8.90. The van der Waals surface area contributed by atoms with Crippen molar-refractivity contribution < 1.29 is 14.2 Å². The standard InChI is InChI=1S/C19H24ClNO3.ClH/c1-22-15-6-4-5-13(11-15)7-8-16-14(9-10-21)12-17(20)19(24-3)18(16)23-2;/h4-6,11-12H,7-10,21H2,1-3H3;1H. The number of halogens is 2. The molecule has 0 aliphatic carbocycles. The Morgan fingerprint density at radius 1 is 0.920 bits per heavy atom. The predicted molar refractivity (Wildman–Crippen MR) is 105 cm³/mol. The van der Waals surface area contributed by atoms with Crippen LogP contribution in [0.15, 0.2) is 30.3 Å². The van der Waals surface area contributed by atoms with Crippen LogP contribution in [0.1, 0.15) is 16.7 Å².